The normalized spacial score (nSPS) is 17.5. The van der Waals surface area contributed by atoms with Crippen LogP contribution >= 0.6 is 23.2 Å². The fourth-order valence-electron chi connectivity index (χ4n) is 3.37. The van der Waals surface area contributed by atoms with E-state index in [1.165, 1.54) is 6.08 Å². The fraction of sp³-hybridized carbons (Fsp3) is 0.200. The lowest BCUT2D eigenvalue weighted by Gasteiger charge is -2.21. The SMILES string of the molecule is O=C(/C=C/c1c(Cl)cccc1Cl)N1CCCC1c1nc2ccccc2[nH]1. The minimum atomic E-state index is -0.0658. The number of aromatic amines is 1. The molecule has 4 rings (SSSR count). The number of hydrogen-bond donors (Lipinski definition) is 1. The number of carbonyl (C=O) groups is 1. The molecule has 1 N–H and O–H groups in total. The predicted molar refractivity (Wildman–Crippen MR) is 105 cm³/mol. The molecule has 1 saturated heterocycles. The molecule has 1 aromatic heterocycles. The predicted octanol–water partition coefficient (Wildman–Crippen LogP) is 5.25. The Morgan fingerprint density at radius 1 is 1.15 bits per heavy atom. The minimum absolute atomic E-state index is 0.0405. The third kappa shape index (κ3) is 3.22. The molecule has 1 fully saturated rings. The Labute approximate surface area is 161 Å². The highest BCUT2D eigenvalue weighted by Crippen LogP contribution is 2.32. The van der Waals surface area contributed by atoms with Crippen molar-refractivity contribution in [2.24, 2.45) is 0 Å². The van der Waals surface area contributed by atoms with E-state index in [0.717, 1.165) is 29.7 Å². The summed E-state index contributed by atoms with van der Waals surface area (Å²) in [6.07, 6.45) is 5.06. The first kappa shape index (κ1) is 17.1. The second-order valence-corrected chi connectivity index (χ2v) is 7.11. The van der Waals surface area contributed by atoms with Crippen molar-refractivity contribution in [2.75, 3.05) is 6.54 Å². The summed E-state index contributed by atoms with van der Waals surface area (Å²) in [7, 11) is 0. The molecule has 0 bridgehead atoms. The Bertz CT molecular complexity index is 942. The highest BCUT2D eigenvalue weighted by molar-refractivity contribution is 6.37. The minimum Gasteiger partial charge on any atom is -0.340 e. The zero-order valence-corrected chi connectivity index (χ0v) is 15.5. The van der Waals surface area contributed by atoms with Crippen molar-refractivity contribution in [3.05, 3.63) is 70.0 Å². The Hall–Kier alpha value is -2.30. The number of rotatable bonds is 3. The average Bonchev–Trinajstić information content (AvgIpc) is 3.27. The summed E-state index contributed by atoms with van der Waals surface area (Å²) >= 11 is 12.3. The van der Waals surface area contributed by atoms with Crippen molar-refractivity contribution in [3.8, 4) is 0 Å². The molecule has 26 heavy (non-hydrogen) atoms. The van der Waals surface area contributed by atoms with E-state index in [2.05, 4.69) is 9.97 Å². The molecule has 1 unspecified atom stereocenters. The molecule has 1 aliphatic rings. The lowest BCUT2D eigenvalue weighted by Crippen LogP contribution is -2.29. The molecular weight excluding hydrogens is 369 g/mol. The Morgan fingerprint density at radius 2 is 1.92 bits per heavy atom. The summed E-state index contributed by atoms with van der Waals surface area (Å²) in [5, 5.41) is 1.05. The molecule has 0 radical (unpaired) electrons. The van der Waals surface area contributed by atoms with Crippen molar-refractivity contribution in [1.29, 1.82) is 0 Å². The molecule has 1 aliphatic heterocycles. The van der Waals surface area contributed by atoms with Crippen LogP contribution in [0.4, 0.5) is 0 Å². The summed E-state index contributed by atoms with van der Waals surface area (Å²) in [5.74, 6) is 0.769. The number of halogens is 2. The number of nitrogens with zero attached hydrogens (tertiary/aromatic N) is 2. The number of para-hydroxylation sites is 2. The van der Waals surface area contributed by atoms with E-state index in [9.17, 15) is 4.79 Å². The number of likely N-dealkylation sites (tertiary alicyclic amines) is 1. The van der Waals surface area contributed by atoms with Gasteiger partial charge in [0.2, 0.25) is 5.91 Å². The second kappa shape index (κ2) is 7.14. The van der Waals surface area contributed by atoms with Crippen LogP contribution < -0.4 is 0 Å². The molecule has 132 valence electrons. The van der Waals surface area contributed by atoms with Crippen molar-refractivity contribution >= 4 is 46.2 Å². The standard InChI is InChI=1S/C20H17Cl2N3O/c21-14-5-3-6-15(22)13(14)10-11-19(26)25-12-4-9-18(25)20-23-16-7-1-2-8-17(16)24-20/h1-3,5-8,10-11,18H,4,9,12H2,(H,23,24)/b11-10+. The largest absolute Gasteiger partial charge is 0.340 e. The number of hydrogen-bond acceptors (Lipinski definition) is 2. The number of amides is 1. The number of aromatic nitrogens is 2. The first-order valence-electron chi connectivity index (χ1n) is 8.51. The summed E-state index contributed by atoms with van der Waals surface area (Å²) < 4.78 is 0. The van der Waals surface area contributed by atoms with Crippen LogP contribution in [0.1, 0.15) is 30.3 Å². The van der Waals surface area contributed by atoms with Gasteiger partial charge in [0.05, 0.1) is 17.1 Å². The first-order valence-corrected chi connectivity index (χ1v) is 9.26. The van der Waals surface area contributed by atoms with Crippen LogP contribution in [0.15, 0.2) is 48.5 Å². The molecule has 6 heteroatoms. The lowest BCUT2D eigenvalue weighted by molar-refractivity contribution is -0.126. The van der Waals surface area contributed by atoms with E-state index in [-0.39, 0.29) is 11.9 Å². The summed E-state index contributed by atoms with van der Waals surface area (Å²) in [6.45, 7) is 0.709. The van der Waals surface area contributed by atoms with Crippen LogP contribution in [0.25, 0.3) is 17.1 Å². The molecule has 0 saturated carbocycles. The van der Waals surface area contributed by atoms with Crippen LogP contribution in [0, 0.1) is 0 Å². The number of H-pyrrole nitrogens is 1. The third-order valence-electron chi connectivity index (χ3n) is 4.65. The van der Waals surface area contributed by atoms with Gasteiger partial charge in [-0.25, -0.2) is 4.98 Å². The van der Waals surface area contributed by atoms with E-state index in [1.807, 2.05) is 29.2 Å². The van der Waals surface area contributed by atoms with Crippen molar-refractivity contribution in [2.45, 2.75) is 18.9 Å². The van der Waals surface area contributed by atoms with Gasteiger partial charge < -0.3 is 9.88 Å². The molecule has 0 spiro atoms. The van der Waals surface area contributed by atoms with Crippen LogP contribution in [-0.4, -0.2) is 27.3 Å². The van der Waals surface area contributed by atoms with Gasteiger partial charge in [-0.05, 0) is 43.2 Å². The quantitative estimate of drug-likeness (QED) is 0.626. The Balaban J connectivity index is 1.58. The molecular formula is C20H17Cl2N3O. The molecule has 2 aromatic carbocycles. The summed E-state index contributed by atoms with van der Waals surface area (Å²) in [4.78, 5) is 22.6. The molecule has 4 nitrogen and oxygen atoms in total. The van der Waals surface area contributed by atoms with E-state index in [4.69, 9.17) is 23.2 Å². The van der Waals surface area contributed by atoms with Crippen LogP contribution in [0.5, 0.6) is 0 Å². The van der Waals surface area contributed by atoms with Gasteiger partial charge in [0.15, 0.2) is 0 Å². The first-order chi connectivity index (χ1) is 12.6. The highest BCUT2D eigenvalue weighted by Gasteiger charge is 2.31. The molecule has 2 heterocycles. The Kier molecular flexibility index (Phi) is 4.70. The van der Waals surface area contributed by atoms with E-state index >= 15 is 0 Å². The van der Waals surface area contributed by atoms with E-state index < -0.39 is 0 Å². The van der Waals surface area contributed by atoms with Gasteiger partial charge in [-0.3, -0.25) is 4.79 Å². The van der Waals surface area contributed by atoms with Gasteiger partial charge in [-0.2, -0.15) is 0 Å². The zero-order valence-electron chi connectivity index (χ0n) is 14.0. The number of benzene rings is 2. The van der Waals surface area contributed by atoms with Crippen molar-refractivity contribution in [3.63, 3.8) is 0 Å². The monoisotopic (exact) mass is 385 g/mol. The van der Waals surface area contributed by atoms with Crippen LogP contribution in [0.2, 0.25) is 10.0 Å². The van der Waals surface area contributed by atoms with Gasteiger partial charge in [-0.1, -0.05) is 41.4 Å². The summed E-state index contributed by atoms with van der Waals surface area (Å²) in [5.41, 5.74) is 2.56. The van der Waals surface area contributed by atoms with Crippen molar-refractivity contribution in [1.82, 2.24) is 14.9 Å². The smallest absolute Gasteiger partial charge is 0.247 e. The third-order valence-corrected chi connectivity index (χ3v) is 5.31. The molecule has 3 aromatic rings. The van der Waals surface area contributed by atoms with Crippen LogP contribution in [-0.2, 0) is 4.79 Å². The van der Waals surface area contributed by atoms with Gasteiger partial charge in [0.1, 0.15) is 5.82 Å². The maximum Gasteiger partial charge on any atom is 0.247 e. The molecule has 1 atom stereocenters. The fourth-order valence-corrected chi connectivity index (χ4v) is 3.89. The molecule has 1 amide bonds. The maximum atomic E-state index is 12.8. The number of imidazole rings is 1. The van der Waals surface area contributed by atoms with Crippen LogP contribution in [0.3, 0.4) is 0 Å². The lowest BCUT2D eigenvalue weighted by atomic mass is 10.2. The maximum absolute atomic E-state index is 12.8. The number of nitrogens with one attached hydrogen (secondary N) is 1. The summed E-state index contributed by atoms with van der Waals surface area (Å²) in [6, 6.07) is 13.1. The van der Waals surface area contributed by atoms with Gasteiger partial charge in [0.25, 0.3) is 0 Å². The van der Waals surface area contributed by atoms with E-state index in [0.29, 0.717) is 22.2 Å². The van der Waals surface area contributed by atoms with Crippen molar-refractivity contribution < 1.29 is 4.79 Å². The highest BCUT2D eigenvalue weighted by atomic mass is 35.5. The van der Waals surface area contributed by atoms with Gasteiger partial charge in [0, 0.05) is 28.2 Å². The average molecular weight is 386 g/mol. The number of carbonyl (C=O) groups excluding carboxylic acids is 1. The van der Waals surface area contributed by atoms with Gasteiger partial charge in [-0.15, -0.1) is 0 Å². The van der Waals surface area contributed by atoms with E-state index in [1.54, 1.807) is 24.3 Å². The topological polar surface area (TPSA) is 49.0 Å². The Morgan fingerprint density at radius 3 is 2.69 bits per heavy atom. The molecule has 0 aliphatic carbocycles. The second-order valence-electron chi connectivity index (χ2n) is 6.30. The van der Waals surface area contributed by atoms with Gasteiger partial charge >= 0.3 is 0 Å². The zero-order chi connectivity index (χ0) is 18.1. The number of fused-ring (bicyclic) bond motifs is 1.